The highest BCUT2D eigenvalue weighted by atomic mass is 32.2. The summed E-state index contributed by atoms with van der Waals surface area (Å²) in [5, 5.41) is 3.19. The number of nitrogens with one attached hydrogen (secondary N) is 1. The normalized spacial score (nSPS) is 11.9. The first-order valence-corrected chi connectivity index (χ1v) is 12.4. The van der Waals surface area contributed by atoms with E-state index in [0.717, 1.165) is 24.1 Å². The Hall–Kier alpha value is -3.00. The fourth-order valence-electron chi connectivity index (χ4n) is 3.58. The molecule has 0 aliphatic rings. The van der Waals surface area contributed by atoms with Crippen molar-refractivity contribution in [1.82, 2.24) is 19.9 Å². The molecule has 0 saturated heterocycles. The average molecular weight is 483 g/mol. The number of carbonyl (C=O) groups excluding carboxylic acids is 1. The van der Waals surface area contributed by atoms with Gasteiger partial charge in [-0.15, -0.1) is 0 Å². The number of aryl methyl sites for hydroxylation is 1. The van der Waals surface area contributed by atoms with Crippen LogP contribution in [0, 0.1) is 12.7 Å². The molecule has 0 saturated carbocycles. The maximum atomic E-state index is 13.2. The molecule has 0 aliphatic carbocycles. The molecule has 2 heterocycles. The predicted octanol–water partition coefficient (Wildman–Crippen LogP) is 4.22. The van der Waals surface area contributed by atoms with E-state index in [1.54, 1.807) is 32.3 Å². The summed E-state index contributed by atoms with van der Waals surface area (Å²) in [6, 6.07) is 11.8. The van der Waals surface area contributed by atoms with Crippen molar-refractivity contribution in [2.75, 3.05) is 6.54 Å². The molecule has 8 heteroatoms. The smallest absolute Gasteiger partial charge is 0.257 e. The number of aromatic nitrogens is 3. The summed E-state index contributed by atoms with van der Waals surface area (Å²) in [6.07, 6.45) is 5.35. The Bertz CT molecular complexity index is 1150. The second-order valence-corrected chi connectivity index (χ2v) is 9.41. The van der Waals surface area contributed by atoms with E-state index < -0.39 is 0 Å². The number of pyridine rings is 1. The summed E-state index contributed by atoms with van der Waals surface area (Å²) in [5.74, 6) is -0.369. The van der Waals surface area contributed by atoms with Crippen LogP contribution in [0.3, 0.4) is 0 Å². The quantitative estimate of drug-likeness (QED) is 0.327. The molecule has 1 amide bonds. The maximum Gasteiger partial charge on any atom is 0.257 e. The van der Waals surface area contributed by atoms with Crippen molar-refractivity contribution < 1.29 is 9.18 Å². The molecule has 1 atom stereocenters. The number of rotatable bonds is 11. The molecule has 3 aromatic rings. The first-order chi connectivity index (χ1) is 16.4. The van der Waals surface area contributed by atoms with Gasteiger partial charge < -0.3 is 5.32 Å². The van der Waals surface area contributed by atoms with Crippen LogP contribution >= 0.6 is 11.8 Å². The van der Waals surface area contributed by atoms with Crippen LogP contribution in [0.5, 0.6) is 0 Å². The molecule has 2 aromatic heterocycles. The highest BCUT2D eigenvalue weighted by Crippen LogP contribution is 2.25. The predicted molar refractivity (Wildman–Crippen MR) is 134 cm³/mol. The van der Waals surface area contributed by atoms with E-state index in [2.05, 4.69) is 22.2 Å². The molecule has 1 N–H and O–H groups in total. The van der Waals surface area contributed by atoms with E-state index in [1.807, 2.05) is 18.2 Å². The molecule has 3 rings (SSSR count). The maximum absolute atomic E-state index is 13.2. The molecule has 1 unspecified atom stereocenters. The number of benzene rings is 1. The van der Waals surface area contributed by atoms with Crippen molar-refractivity contribution in [3.05, 3.63) is 87.3 Å². The molecule has 34 heavy (non-hydrogen) atoms. The summed E-state index contributed by atoms with van der Waals surface area (Å²) in [6.45, 7) is 4.39. The first kappa shape index (κ1) is 25.6. The zero-order valence-corrected chi connectivity index (χ0v) is 20.7. The van der Waals surface area contributed by atoms with E-state index in [4.69, 9.17) is 0 Å². The molecular formula is C26H31FN4O2S. The summed E-state index contributed by atoms with van der Waals surface area (Å²) >= 11 is 1.33. The van der Waals surface area contributed by atoms with Gasteiger partial charge in [-0.2, -0.15) is 0 Å². The van der Waals surface area contributed by atoms with Gasteiger partial charge >= 0.3 is 0 Å². The van der Waals surface area contributed by atoms with E-state index in [0.29, 0.717) is 42.2 Å². The SMILES string of the molecule is CCCCC(Sc1nc(C)c(Cc2ccc(F)cc2)c(=O)n1C)C(=O)NCCc1ccccn1. The summed E-state index contributed by atoms with van der Waals surface area (Å²) < 4.78 is 14.7. The number of amides is 1. The van der Waals surface area contributed by atoms with Gasteiger partial charge in [-0.25, -0.2) is 9.37 Å². The Balaban J connectivity index is 1.73. The second-order valence-electron chi connectivity index (χ2n) is 8.24. The van der Waals surface area contributed by atoms with Crippen LogP contribution in [0.25, 0.3) is 0 Å². The van der Waals surface area contributed by atoms with Crippen LogP contribution in [-0.4, -0.2) is 32.2 Å². The van der Waals surface area contributed by atoms with Crippen LogP contribution in [0.1, 0.15) is 48.7 Å². The number of unbranched alkanes of at least 4 members (excludes halogenated alkanes) is 1. The summed E-state index contributed by atoms with van der Waals surface area (Å²) in [4.78, 5) is 35.0. The third kappa shape index (κ3) is 7.00. The minimum atomic E-state index is -0.343. The van der Waals surface area contributed by atoms with Crippen LogP contribution in [0.4, 0.5) is 4.39 Å². The summed E-state index contributed by atoms with van der Waals surface area (Å²) in [7, 11) is 1.68. The molecular weight excluding hydrogens is 451 g/mol. The third-order valence-corrected chi connectivity index (χ3v) is 6.92. The largest absolute Gasteiger partial charge is 0.355 e. The lowest BCUT2D eigenvalue weighted by atomic mass is 10.1. The lowest BCUT2D eigenvalue weighted by molar-refractivity contribution is -0.120. The van der Waals surface area contributed by atoms with Gasteiger partial charge in [-0.05, 0) is 43.2 Å². The zero-order valence-electron chi connectivity index (χ0n) is 19.9. The number of halogens is 1. The standard InChI is InChI=1S/C26H31FN4O2S/c1-4-5-9-23(24(32)29-16-14-21-8-6-7-15-28-21)34-26-30-18(2)22(25(33)31(26)3)17-19-10-12-20(27)13-11-19/h6-8,10-13,15,23H,4-5,9,14,16-17H2,1-3H3,(H,29,32). The molecule has 0 aliphatic heterocycles. The minimum absolute atomic E-state index is 0.0586. The van der Waals surface area contributed by atoms with Gasteiger partial charge in [0.05, 0.1) is 5.25 Å². The van der Waals surface area contributed by atoms with Crippen LogP contribution in [0.15, 0.2) is 58.6 Å². The summed E-state index contributed by atoms with van der Waals surface area (Å²) in [5.41, 5.74) is 2.82. The van der Waals surface area contributed by atoms with Crippen molar-refractivity contribution in [2.24, 2.45) is 7.05 Å². The third-order valence-electron chi connectivity index (χ3n) is 5.61. The van der Waals surface area contributed by atoms with E-state index in [9.17, 15) is 14.0 Å². The van der Waals surface area contributed by atoms with Crippen molar-refractivity contribution >= 4 is 17.7 Å². The monoisotopic (exact) mass is 482 g/mol. The lowest BCUT2D eigenvalue weighted by Gasteiger charge is -2.18. The zero-order chi connectivity index (χ0) is 24.5. The van der Waals surface area contributed by atoms with Crippen LogP contribution in [-0.2, 0) is 24.7 Å². The number of thioether (sulfide) groups is 1. The first-order valence-electron chi connectivity index (χ1n) is 11.5. The Morgan fingerprint density at radius 1 is 1.21 bits per heavy atom. The van der Waals surface area contributed by atoms with E-state index >= 15 is 0 Å². The Morgan fingerprint density at radius 3 is 2.65 bits per heavy atom. The minimum Gasteiger partial charge on any atom is -0.355 e. The van der Waals surface area contributed by atoms with Crippen LogP contribution < -0.4 is 10.9 Å². The molecule has 6 nitrogen and oxygen atoms in total. The second kappa shape index (κ2) is 12.5. The topological polar surface area (TPSA) is 76.9 Å². The Kier molecular flexibility index (Phi) is 9.39. The molecule has 0 bridgehead atoms. The number of hydrogen-bond donors (Lipinski definition) is 1. The average Bonchev–Trinajstić information content (AvgIpc) is 2.84. The number of hydrogen-bond acceptors (Lipinski definition) is 5. The van der Waals surface area contributed by atoms with Crippen molar-refractivity contribution in [3.63, 3.8) is 0 Å². The lowest BCUT2D eigenvalue weighted by Crippen LogP contribution is -2.35. The van der Waals surface area contributed by atoms with E-state index in [1.165, 1.54) is 28.5 Å². The number of nitrogens with zero attached hydrogens (tertiary/aromatic N) is 3. The van der Waals surface area contributed by atoms with Gasteiger partial charge in [-0.1, -0.05) is 49.7 Å². The fourth-order valence-corrected chi connectivity index (χ4v) is 4.74. The van der Waals surface area contributed by atoms with Gasteiger partial charge in [0, 0.05) is 49.6 Å². The van der Waals surface area contributed by atoms with E-state index in [-0.39, 0.29) is 22.5 Å². The highest BCUT2D eigenvalue weighted by molar-refractivity contribution is 8.00. The highest BCUT2D eigenvalue weighted by Gasteiger charge is 2.23. The number of carbonyl (C=O) groups is 1. The van der Waals surface area contributed by atoms with Gasteiger partial charge in [-0.3, -0.25) is 19.1 Å². The fraction of sp³-hybridized carbons (Fsp3) is 0.385. The molecule has 0 fully saturated rings. The van der Waals surface area contributed by atoms with Crippen molar-refractivity contribution in [2.45, 2.75) is 56.4 Å². The van der Waals surface area contributed by atoms with Gasteiger partial charge in [0.1, 0.15) is 5.82 Å². The molecule has 0 radical (unpaired) electrons. The molecule has 1 aromatic carbocycles. The van der Waals surface area contributed by atoms with Gasteiger partial charge in [0.15, 0.2) is 5.16 Å². The molecule has 180 valence electrons. The van der Waals surface area contributed by atoms with Gasteiger partial charge in [0.2, 0.25) is 5.91 Å². The molecule has 0 spiro atoms. The Labute approximate surface area is 204 Å². The Morgan fingerprint density at radius 2 is 1.97 bits per heavy atom. The van der Waals surface area contributed by atoms with Crippen molar-refractivity contribution in [3.8, 4) is 0 Å². The van der Waals surface area contributed by atoms with Gasteiger partial charge in [0.25, 0.3) is 5.56 Å². The van der Waals surface area contributed by atoms with Crippen molar-refractivity contribution in [1.29, 1.82) is 0 Å². The van der Waals surface area contributed by atoms with Crippen LogP contribution in [0.2, 0.25) is 0 Å².